The smallest absolute Gasteiger partial charge is 0.335 e. The molecule has 0 saturated heterocycles. The second-order valence-electron chi connectivity index (χ2n) is 3.76. The summed E-state index contributed by atoms with van der Waals surface area (Å²) in [7, 11) is 1.64. The van der Waals surface area contributed by atoms with Crippen molar-refractivity contribution in [2.45, 2.75) is 6.04 Å². The van der Waals surface area contributed by atoms with Crippen LogP contribution in [0, 0.1) is 0 Å². The Hall–Kier alpha value is -2.24. The molecule has 1 aromatic rings. The van der Waals surface area contributed by atoms with Crippen molar-refractivity contribution in [1.82, 2.24) is 0 Å². The number of benzene rings is 1. The normalized spacial score (nSPS) is 18.2. The van der Waals surface area contributed by atoms with Crippen LogP contribution in [-0.4, -0.2) is 41.8 Å². The van der Waals surface area contributed by atoms with Gasteiger partial charge in [-0.1, -0.05) is 0 Å². The topological polar surface area (TPSA) is 87.1 Å². The Balaban J connectivity index is 2.38. The highest BCUT2D eigenvalue weighted by atomic mass is 16.5. The van der Waals surface area contributed by atoms with E-state index in [0.29, 0.717) is 11.4 Å². The first-order valence-electron chi connectivity index (χ1n) is 4.96. The van der Waals surface area contributed by atoms with Crippen LogP contribution in [0.15, 0.2) is 18.2 Å². The van der Waals surface area contributed by atoms with E-state index in [1.165, 1.54) is 12.1 Å². The molecule has 0 fully saturated rings. The van der Waals surface area contributed by atoms with Crippen molar-refractivity contribution in [2.75, 3.05) is 18.6 Å². The summed E-state index contributed by atoms with van der Waals surface area (Å²) in [6.45, 7) is 0.00189. The first kappa shape index (κ1) is 11.3. The molecule has 1 heterocycles. The molecule has 1 aliphatic rings. The third-order valence-electron chi connectivity index (χ3n) is 2.74. The Kier molecular flexibility index (Phi) is 2.63. The highest BCUT2D eigenvalue weighted by Crippen LogP contribution is 2.33. The number of hydrogen-bond acceptors (Lipinski definition) is 4. The Morgan fingerprint density at radius 2 is 2.12 bits per heavy atom. The predicted molar refractivity (Wildman–Crippen MR) is 58.7 cm³/mol. The predicted octanol–water partition coefficient (Wildman–Crippen LogP) is 0.667. The Morgan fingerprint density at radius 1 is 1.41 bits per heavy atom. The van der Waals surface area contributed by atoms with Crippen molar-refractivity contribution in [3.63, 3.8) is 0 Å². The van der Waals surface area contributed by atoms with Crippen molar-refractivity contribution < 1.29 is 24.5 Å². The maximum Gasteiger partial charge on any atom is 0.335 e. The molecule has 0 aliphatic carbocycles. The highest BCUT2D eigenvalue weighted by Gasteiger charge is 2.30. The number of likely N-dealkylation sites (N-methyl/N-ethyl adjacent to an activating group) is 1. The van der Waals surface area contributed by atoms with Crippen LogP contribution < -0.4 is 9.64 Å². The zero-order valence-corrected chi connectivity index (χ0v) is 9.08. The number of carbonyl (C=O) groups is 2. The van der Waals surface area contributed by atoms with Gasteiger partial charge >= 0.3 is 11.9 Å². The summed E-state index contributed by atoms with van der Waals surface area (Å²) in [6, 6.07) is 3.61. The zero-order chi connectivity index (χ0) is 12.6. The molecule has 0 aromatic heterocycles. The second-order valence-corrected chi connectivity index (χ2v) is 3.76. The molecule has 6 heteroatoms. The van der Waals surface area contributed by atoms with Gasteiger partial charge in [-0.2, -0.15) is 0 Å². The van der Waals surface area contributed by atoms with Crippen LogP contribution in [0.3, 0.4) is 0 Å². The molecule has 0 amide bonds. The summed E-state index contributed by atoms with van der Waals surface area (Å²) in [5.74, 6) is -1.62. The molecular weight excluding hydrogens is 226 g/mol. The molecule has 6 nitrogen and oxygen atoms in total. The van der Waals surface area contributed by atoms with Gasteiger partial charge in [-0.05, 0) is 18.2 Å². The minimum absolute atomic E-state index is 0.00189. The van der Waals surface area contributed by atoms with Crippen molar-refractivity contribution >= 4 is 17.6 Å². The van der Waals surface area contributed by atoms with E-state index >= 15 is 0 Å². The maximum atomic E-state index is 10.9. The summed E-state index contributed by atoms with van der Waals surface area (Å²) in [5, 5.41) is 17.8. The third-order valence-corrected chi connectivity index (χ3v) is 2.74. The van der Waals surface area contributed by atoms with E-state index in [4.69, 9.17) is 14.9 Å². The van der Waals surface area contributed by atoms with Crippen LogP contribution in [0.4, 0.5) is 5.69 Å². The van der Waals surface area contributed by atoms with E-state index in [1.54, 1.807) is 18.0 Å². The number of fused-ring (bicyclic) bond motifs is 1. The molecule has 90 valence electrons. The van der Waals surface area contributed by atoms with E-state index in [9.17, 15) is 9.59 Å². The van der Waals surface area contributed by atoms with Gasteiger partial charge in [0, 0.05) is 7.05 Å². The van der Waals surface area contributed by atoms with E-state index in [-0.39, 0.29) is 12.2 Å². The molecule has 0 spiro atoms. The number of rotatable bonds is 2. The second kappa shape index (κ2) is 3.97. The van der Waals surface area contributed by atoms with Gasteiger partial charge < -0.3 is 19.8 Å². The number of nitrogens with zero attached hydrogens (tertiary/aromatic N) is 1. The van der Waals surface area contributed by atoms with Gasteiger partial charge in [0.2, 0.25) is 0 Å². The van der Waals surface area contributed by atoms with Gasteiger partial charge in [-0.3, -0.25) is 0 Å². The lowest BCUT2D eigenvalue weighted by Crippen LogP contribution is -2.45. The number of hydrogen-bond donors (Lipinski definition) is 2. The van der Waals surface area contributed by atoms with Gasteiger partial charge in [0.15, 0.2) is 6.04 Å². The quantitative estimate of drug-likeness (QED) is 0.786. The third kappa shape index (κ3) is 1.89. The van der Waals surface area contributed by atoms with Gasteiger partial charge in [0.05, 0.1) is 11.3 Å². The van der Waals surface area contributed by atoms with Crippen molar-refractivity contribution in [1.29, 1.82) is 0 Å². The molecule has 0 bridgehead atoms. The SMILES string of the molecule is CN1c2ccc(C(=O)O)cc2OCC1C(=O)O. The number of aliphatic carboxylic acids is 1. The summed E-state index contributed by atoms with van der Waals surface area (Å²) in [5.41, 5.74) is 0.694. The zero-order valence-electron chi connectivity index (χ0n) is 9.08. The van der Waals surface area contributed by atoms with Crippen LogP contribution in [0.5, 0.6) is 5.75 Å². The average molecular weight is 237 g/mol. The summed E-state index contributed by atoms with van der Waals surface area (Å²) >= 11 is 0. The lowest BCUT2D eigenvalue weighted by Gasteiger charge is -2.33. The molecule has 17 heavy (non-hydrogen) atoms. The fourth-order valence-corrected chi connectivity index (χ4v) is 1.74. The van der Waals surface area contributed by atoms with E-state index in [2.05, 4.69) is 0 Å². The van der Waals surface area contributed by atoms with E-state index < -0.39 is 18.0 Å². The van der Waals surface area contributed by atoms with Crippen molar-refractivity contribution in [3.8, 4) is 5.75 Å². The van der Waals surface area contributed by atoms with Crippen LogP contribution in [0.25, 0.3) is 0 Å². The van der Waals surface area contributed by atoms with Crippen molar-refractivity contribution in [3.05, 3.63) is 23.8 Å². The Morgan fingerprint density at radius 3 is 2.71 bits per heavy atom. The molecule has 0 radical (unpaired) electrons. The Labute approximate surface area is 97.0 Å². The molecule has 1 atom stereocenters. The standard InChI is InChI=1S/C11H11NO5/c1-12-7-3-2-6(10(13)14)4-9(7)17-5-8(12)11(15)16/h2-4,8H,5H2,1H3,(H,13,14)(H,15,16). The van der Waals surface area contributed by atoms with Gasteiger partial charge in [0.25, 0.3) is 0 Å². The van der Waals surface area contributed by atoms with Gasteiger partial charge in [-0.25, -0.2) is 9.59 Å². The molecule has 0 saturated carbocycles. The van der Waals surface area contributed by atoms with E-state index in [0.717, 1.165) is 0 Å². The maximum absolute atomic E-state index is 10.9. The lowest BCUT2D eigenvalue weighted by molar-refractivity contribution is -0.139. The first-order chi connectivity index (χ1) is 8.00. The number of anilines is 1. The summed E-state index contributed by atoms with van der Waals surface area (Å²) < 4.78 is 5.27. The minimum atomic E-state index is -1.04. The number of aromatic carboxylic acids is 1. The van der Waals surface area contributed by atoms with Crippen LogP contribution in [0.2, 0.25) is 0 Å². The van der Waals surface area contributed by atoms with Crippen LogP contribution in [0.1, 0.15) is 10.4 Å². The molecule has 2 rings (SSSR count). The fourth-order valence-electron chi connectivity index (χ4n) is 1.74. The molecular formula is C11H11NO5. The van der Waals surface area contributed by atoms with Gasteiger partial charge in [-0.15, -0.1) is 0 Å². The average Bonchev–Trinajstić information content (AvgIpc) is 2.28. The number of carboxylic acids is 2. The number of ether oxygens (including phenoxy) is 1. The van der Waals surface area contributed by atoms with Crippen molar-refractivity contribution in [2.24, 2.45) is 0 Å². The number of carboxylic acid groups (broad SMARTS) is 2. The van der Waals surface area contributed by atoms with Gasteiger partial charge in [0.1, 0.15) is 12.4 Å². The highest BCUT2D eigenvalue weighted by molar-refractivity contribution is 5.90. The molecule has 1 aliphatic heterocycles. The summed E-state index contributed by atoms with van der Waals surface area (Å²) in [4.78, 5) is 23.3. The van der Waals surface area contributed by atoms with E-state index in [1.807, 2.05) is 0 Å². The Bertz CT molecular complexity index is 485. The van der Waals surface area contributed by atoms with Crippen LogP contribution in [-0.2, 0) is 4.79 Å². The molecule has 1 aromatic carbocycles. The van der Waals surface area contributed by atoms with Crippen LogP contribution >= 0.6 is 0 Å². The minimum Gasteiger partial charge on any atom is -0.489 e. The first-order valence-corrected chi connectivity index (χ1v) is 4.96. The molecule has 2 N–H and O–H groups in total. The largest absolute Gasteiger partial charge is 0.489 e. The lowest BCUT2D eigenvalue weighted by atomic mass is 10.1. The molecule has 1 unspecified atom stereocenters. The fraction of sp³-hybridized carbons (Fsp3) is 0.273. The summed E-state index contributed by atoms with van der Waals surface area (Å²) in [6.07, 6.45) is 0. The monoisotopic (exact) mass is 237 g/mol.